The fraction of sp³-hybridized carbons (Fsp3) is 0.188. The second-order valence-electron chi connectivity index (χ2n) is 4.30. The summed E-state index contributed by atoms with van der Waals surface area (Å²) in [6.45, 7) is 2.24. The van der Waals surface area contributed by atoms with Crippen molar-refractivity contribution in [1.82, 2.24) is 0 Å². The number of aryl methyl sites for hydroxylation is 1. The average Bonchev–Trinajstić information content (AvgIpc) is 2.95. The molecule has 0 nitrogen and oxygen atoms in total. The summed E-state index contributed by atoms with van der Waals surface area (Å²) in [5, 5.41) is 2.80. The van der Waals surface area contributed by atoms with E-state index >= 15 is 0 Å². The van der Waals surface area contributed by atoms with Crippen molar-refractivity contribution in [1.29, 1.82) is 0 Å². The molecule has 97 valence electrons. The molecule has 0 unspecified atom stereocenters. The van der Waals surface area contributed by atoms with E-state index in [-0.39, 0.29) is 51.0 Å². The predicted octanol–water partition coefficient (Wildman–Crippen LogP) is -1.53. The maximum absolute atomic E-state index is 2.34. The second-order valence-corrected chi connectivity index (χ2v) is 4.30. The first kappa shape index (κ1) is 18.8. The van der Waals surface area contributed by atoms with Gasteiger partial charge in [-0.05, 0) is 6.42 Å². The van der Waals surface area contributed by atoms with E-state index in [1.807, 2.05) is 0 Å². The van der Waals surface area contributed by atoms with E-state index in [1.165, 1.54) is 27.5 Å². The van der Waals surface area contributed by atoms with E-state index < -0.39 is 0 Å². The van der Waals surface area contributed by atoms with E-state index in [9.17, 15) is 0 Å². The first-order valence-corrected chi connectivity index (χ1v) is 5.93. The zero-order valence-corrected chi connectivity index (χ0v) is 14.8. The summed E-state index contributed by atoms with van der Waals surface area (Å²) in [5.41, 5.74) is 4.42. The molecule has 0 saturated carbocycles. The van der Waals surface area contributed by atoms with Gasteiger partial charge < -0.3 is 24.8 Å². The fourth-order valence-corrected chi connectivity index (χ4v) is 2.60. The minimum absolute atomic E-state index is 0. The molecule has 0 N–H and O–H groups in total. The number of fused-ring (bicyclic) bond motifs is 1. The van der Waals surface area contributed by atoms with Crippen molar-refractivity contribution in [3.63, 3.8) is 0 Å². The zero-order valence-electron chi connectivity index (χ0n) is 10.8. The zero-order chi connectivity index (χ0) is 11.0. The molecule has 1 aliphatic carbocycles. The summed E-state index contributed by atoms with van der Waals surface area (Å²) in [4.78, 5) is 0. The Balaban J connectivity index is 0.00000108. The third-order valence-electron chi connectivity index (χ3n) is 3.38. The summed E-state index contributed by atoms with van der Waals surface area (Å²) in [5.74, 6) is 0. The fourth-order valence-electron chi connectivity index (χ4n) is 2.60. The van der Waals surface area contributed by atoms with Crippen molar-refractivity contribution < 1.29 is 51.0 Å². The quantitative estimate of drug-likeness (QED) is 0.564. The van der Waals surface area contributed by atoms with Crippen molar-refractivity contribution in [2.45, 2.75) is 19.8 Å². The van der Waals surface area contributed by atoms with Crippen LogP contribution in [0, 0.1) is 0 Å². The van der Waals surface area contributed by atoms with Gasteiger partial charge in [0.25, 0.3) is 0 Å². The van der Waals surface area contributed by atoms with E-state index in [2.05, 4.69) is 55.5 Å². The van der Waals surface area contributed by atoms with Crippen LogP contribution in [0.15, 0.2) is 48.6 Å². The Morgan fingerprint density at radius 2 is 1.89 bits per heavy atom. The molecule has 0 saturated heterocycles. The summed E-state index contributed by atoms with van der Waals surface area (Å²) in [7, 11) is 0. The van der Waals surface area contributed by atoms with Gasteiger partial charge in [-0.1, -0.05) is 49.8 Å². The predicted molar refractivity (Wildman–Crippen MR) is 70.7 cm³/mol. The molecule has 2 aromatic rings. The molecule has 0 amide bonds. The van der Waals surface area contributed by atoms with Gasteiger partial charge in [0.05, 0.1) is 0 Å². The third-order valence-corrected chi connectivity index (χ3v) is 3.38. The minimum Gasteiger partial charge on any atom is -1.00 e. The molecule has 0 spiro atoms. The summed E-state index contributed by atoms with van der Waals surface area (Å²) < 4.78 is 0. The number of benzene rings is 1. The third kappa shape index (κ3) is 3.46. The van der Waals surface area contributed by atoms with Gasteiger partial charge in [0, 0.05) is 0 Å². The molecule has 0 atom stereocenters. The molecular weight excluding hydrogens is 354 g/mol. The molecule has 1 aliphatic rings. The number of hydrogen-bond donors (Lipinski definition) is 0. The van der Waals surface area contributed by atoms with Crippen LogP contribution in [-0.4, -0.2) is 0 Å². The van der Waals surface area contributed by atoms with Gasteiger partial charge in [-0.15, -0.1) is 39.6 Å². The van der Waals surface area contributed by atoms with Crippen LogP contribution >= 0.6 is 0 Å². The van der Waals surface area contributed by atoms with E-state index in [1.54, 1.807) is 0 Å². The molecule has 0 aliphatic heterocycles. The molecule has 2 aromatic carbocycles. The van der Waals surface area contributed by atoms with E-state index in [4.69, 9.17) is 0 Å². The summed E-state index contributed by atoms with van der Waals surface area (Å²) in [6.07, 6.45) is 8.83. The Bertz CT molecular complexity index is 594. The Morgan fingerprint density at radius 3 is 2.53 bits per heavy atom. The minimum atomic E-state index is 0. The van der Waals surface area contributed by atoms with Crippen molar-refractivity contribution in [3.8, 4) is 0 Å². The van der Waals surface area contributed by atoms with Crippen LogP contribution in [0.1, 0.15) is 24.5 Å². The summed E-state index contributed by atoms with van der Waals surface area (Å²) >= 11 is 0. The van der Waals surface area contributed by atoms with Crippen LogP contribution < -0.4 is 24.8 Å². The molecule has 3 rings (SSSR count). The summed E-state index contributed by atoms with van der Waals surface area (Å²) in [6, 6.07) is 11.0. The molecule has 3 heteroatoms. The largest absolute Gasteiger partial charge is 3.00 e. The Morgan fingerprint density at radius 1 is 1.16 bits per heavy atom. The van der Waals surface area contributed by atoms with Gasteiger partial charge in [0.1, 0.15) is 0 Å². The molecular formula is C16H15Cl2Zr. The van der Waals surface area contributed by atoms with Crippen LogP contribution in [0.5, 0.6) is 0 Å². The van der Waals surface area contributed by atoms with Crippen LogP contribution in [0.3, 0.4) is 0 Å². The number of hydrogen-bond acceptors (Lipinski definition) is 0. The van der Waals surface area contributed by atoms with Gasteiger partial charge in [-0.25, -0.2) is 0 Å². The molecule has 19 heavy (non-hydrogen) atoms. The molecule has 0 bridgehead atoms. The van der Waals surface area contributed by atoms with E-state index in [0.29, 0.717) is 0 Å². The molecule has 0 fully saturated rings. The van der Waals surface area contributed by atoms with Gasteiger partial charge in [-0.2, -0.15) is 0 Å². The smallest absolute Gasteiger partial charge is 1.00 e. The maximum atomic E-state index is 2.34. The molecule has 1 radical (unpaired) electrons. The van der Waals surface area contributed by atoms with Gasteiger partial charge >= 0.3 is 26.2 Å². The first-order chi connectivity index (χ1) is 7.90. The average molecular weight is 369 g/mol. The monoisotopic (exact) mass is 367 g/mol. The van der Waals surface area contributed by atoms with Gasteiger partial charge in [0.15, 0.2) is 0 Å². The Hall–Kier alpha value is -0.227. The normalized spacial score (nSPS) is 12.4. The first-order valence-electron chi connectivity index (χ1n) is 5.93. The Labute approximate surface area is 146 Å². The number of halogens is 2. The maximum Gasteiger partial charge on any atom is 3.00 e. The van der Waals surface area contributed by atoms with Crippen molar-refractivity contribution in [2.75, 3.05) is 0 Å². The number of allylic oxidation sites excluding steroid dienone is 4. The van der Waals surface area contributed by atoms with Gasteiger partial charge in [0.2, 0.25) is 0 Å². The van der Waals surface area contributed by atoms with Crippen LogP contribution in [-0.2, 0) is 32.6 Å². The molecule has 0 heterocycles. The number of rotatable bonds is 2. The van der Waals surface area contributed by atoms with Crippen LogP contribution in [0.25, 0.3) is 16.3 Å². The molecule has 0 aromatic heterocycles. The standard InChI is InChI=1S/C16H15.2ClH.Zr/c1-2-14-15-10-6-5-9-13(15)11-16(14)12-7-3-4-8-12;;;/h3-7,9-11H,2,8H2,1H3;2*1H;/q-1;;;+3/p-2. The second kappa shape index (κ2) is 8.15. The SMILES string of the molecule is CCc1c(C2=CC=CC2)[cH-]c2ccccc12.[Cl-].[Cl-].[Zr+3]. The topological polar surface area (TPSA) is 0 Å². The van der Waals surface area contributed by atoms with E-state index in [0.717, 1.165) is 12.8 Å². The van der Waals surface area contributed by atoms with Crippen LogP contribution in [0.4, 0.5) is 0 Å². The van der Waals surface area contributed by atoms with Crippen molar-refractivity contribution in [2.24, 2.45) is 0 Å². The van der Waals surface area contributed by atoms with Crippen LogP contribution in [0.2, 0.25) is 0 Å². The van der Waals surface area contributed by atoms with Crippen molar-refractivity contribution >= 4 is 16.3 Å². The Kier molecular flexibility index (Phi) is 8.05. The van der Waals surface area contributed by atoms with Crippen molar-refractivity contribution in [3.05, 3.63) is 59.7 Å². The van der Waals surface area contributed by atoms with Gasteiger partial charge in [-0.3, -0.25) is 0 Å².